The summed E-state index contributed by atoms with van der Waals surface area (Å²) < 4.78 is 7.62. The Kier molecular flexibility index (Phi) is 7.53. The van der Waals surface area contributed by atoms with Crippen LogP contribution in [-0.4, -0.2) is 44.3 Å². The summed E-state index contributed by atoms with van der Waals surface area (Å²) in [4.78, 5) is 20.9. The van der Waals surface area contributed by atoms with Crippen LogP contribution in [0.5, 0.6) is 0 Å². The van der Waals surface area contributed by atoms with Gasteiger partial charge in [0.15, 0.2) is 5.82 Å². The summed E-state index contributed by atoms with van der Waals surface area (Å²) in [5, 5.41) is 14.3. The smallest absolute Gasteiger partial charge is 0.234 e. The Morgan fingerprint density at radius 2 is 1.89 bits per heavy atom. The number of pyridine rings is 1. The maximum absolute atomic E-state index is 11.5. The minimum Gasteiger partial charge on any atom is -0.389 e. The summed E-state index contributed by atoms with van der Waals surface area (Å²) in [7, 11) is 0. The number of ether oxygens (including phenoxy) is 1. The van der Waals surface area contributed by atoms with E-state index in [0.29, 0.717) is 49.9 Å². The highest BCUT2D eigenvalue weighted by molar-refractivity contribution is 6.06. The number of carbonyl (C=O) groups is 1. The van der Waals surface area contributed by atoms with E-state index in [4.69, 9.17) is 21.2 Å². The van der Waals surface area contributed by atoms with Gasteiger partial charge in [0.2, 0.25) is 5.91 Å². The van der Waals surface area contributed by atoms with Crippen molar-refractivity contribution in [3.8, 4) is 0 Å². The van der Waals surface area contributed by atoms with E-state index in [-0.39, 0.29) is 12.5 Å². The quantitative estimate of drug-likeness (QED) is 0.268. The largest absolute Gasteiger partial charge is 0.389 e. The standard InChI is InChI=1S/C27H34N6O3/c1-4-36-15-22-32-24-25(33(22)16-27(2,3)35)20-9-8-18(12-21(20)31-26(24)29)10-17-6-5-7-19(11-17)14-30-23(34)13-28/h5-9,11-12,35H,4,10,13-16,28H2,1-3H3,(H2,29,31)(H,30,34). The number of carbonyl (C=O) groups excluding carboxylic acids is 1. The topological polar surface area (TPSA) is 141 Å². The molecular formula is C27H34N6O3. The van der Waals surface area contributed by atoms with Crippen molar-refractivity contribution in [2.75, 3.05) is 18.9 Å². The van der Waals surface area contributed by atoms with Crippen molar-refractivity contribution in [3.05, 3.63) is 65.0 Å². The molecule has 2 heterocycles. The third-order valence-corrected chi connectivity index (χ3v) is 5.90. The number of rotatable bonds is 10. The van der Waals surface area contributed by atoms with Crippen molar-refractivity contribution in [1.82, 2.24) is 19.9 Å². The summed E-state index contributed by atoms with van der Waals surface area (Å²) >= 11 is 0. The van der Waals surface area contributed by atoms with Crippen molar-refractivity contribution in [2.24, 2.45) is 5.73 Å². The number of nitrogens with two attached hydrogens (primary N) is 2. The molecule has 4 aromatic rings. The van der Waals surface area contributed by atoms with E-state index < -0.39 is 5.60 Å². The van der Waals surface area contributed by atoms with E-state index in [1.807, 2.05) is 35.8 Å². The van der Waals surface area contributed by atoms with Gasteiger partial charge >= 0.3 is 0 Å². The molecule has 4 rings (SSSR count). The zero-order chi connectivity index (χ0) is 25.9. The van der Waals surface area contributed by atoms with E-state index in [9.17, 15) is 9.90 Å². The maximum Gasteiger partial charge on any atom is 0.234 e. The van der Waals surface area contributed by atoms with Crippen molar-refractivity contribution < 1.29 is 14.6 Å². The molecule has 0 radical (unpaired) electrons. The summed E-state index contributed by atoms with van der Waals surface area (Å²) in [6, 6.07) is 14.2. The van der Waals surface area contributed by atoms with Gasteiger partial charge in [0, 0.05) is 18.5 Å². The van der Waals surface area contributed by atoms with Gasteiger partial charge in [-0.3, -0.25) is 4.79 Å². The second-order valence-electron chi connectivity index (χ2n) is 9.59. The fraction of sp³-hybridized carbons (Fsp3) is 0.370. The van der Waals surface area contributed by atoms with Crippen LogP contribution in [0.1, 0.15) is 43.3 Å². The van der Waals surface area contributed by atoms with Gasteiger partial charge in [-0.2, -0.15) is 0 Å². The fourth-order valence-corrected chi connectivity index (χ4v) is 4.33. The van der Waals surface area contributed by atoms with Crippen LogP contribution in [0.2, 0.25) is 0 Å². The summed E-state index contributed by atoms with van der Waals surface area (Å²) in [5.41, 5.74) is 16.2. The average molecular weight is 491 g/mol. The van der Waals surface area contributed by atoms with E-state index in [2.05, 4.69) is 28.5 Å². The number of amides is 1. The normalized spacial score (nSPS) is 11.9. The highest BCUT2D eigenvalue weighted by Gasteiger charge is 2.22. The molecule has 36 heavy (non-hydrogen) atoms. The second-order valence-corrected chi connectivity index (χ2v) is 9.59. The first-order valence-corrected chi connectivity index (χ1v) is 12.1. The molecule has 0 saturated heterocycles. The molecule has 190 valence electrons. The molecule has 0 aliphatic carbocycles. The molecule has 0 bridgehead atoms. The van der Waals surface area contributed by atoms with Gasteiger partial charge in [0.25, 0.3) is 0 Å². The van der Waals surface area contributed by atoms with E-state index >= 15 is 0 Å². The minimum atomic E-state index is -0.951. The van der Waals surface area contributed by atoms with Crippen LogP contribution < -0.4 is 16.8 Å². The van der Waals surface area contributed by atoms with Crippen molar-refractivity contribution >= 4 is 33.7 Å². The monoisotopic (exact) mass is 490 g/mol. The molecule has 6 N–H and O–H groups in total. The number of nitrogen functional groups attached to an aromatic ring is 1. The number of nitrogens with zero attached hydrogens (tertiary/aromatic N) is 3. The Hall–Kier alpha value is -3.53. The summed E-state index contributed by atoms with van der Waals surface area (Å²) in [6.45, 7) is 7.11. The number of benzene rings is 2. The Morgan fingerprint density at radius 1 is 1.14 bits per heavy atom. The molecule has 9 heteroatoms. The van der Waals surface area contributed by atoms with E-state index in [1.54, 1.807) is 13.8 Å². The number of fused-ring (bicyclic) bond motifs is 3. The number of aromatic nitrogens is 3. The minimum absolute atomic E-state index is 0.0258. The van der Waals surface area contributed by atoms with Gasteiger partial charge in [0.05, 0.1) is 29.7 Å². The molecule has 0 aliphatic heterocycles. The molecule has 0 saturated carbocycles. The van der Waals surface area contributed by atoms with Crippen LogP contribution in [0.3, 0.4) is 0 Å². The lowest BCUT2D eigenvalue weighted by Gasteiger charge is -2.20. The lowest BCUT2D eigenvalue weighted by atomic mass is 10.0. The fourth-order valence-electron chi connectivity index (χ4n) is 4.33. The van der Waals surface area contributed by atoms with Crippen LogP contribution in [0.25, 0.3) is 21.9 Å². The Morgan fingerprint density at radius 3 is 2.61 bits per heavy atom. The number of hydrogen-bond acceptors (Lipinski definition) is 7. The van der Waals surface area contributed by atoms with Crippen LogP contribution in [0.4, 0.5) is 5.82 Å². The third-order valence-electron chi connectivity index (χ3n) is 5.90. The lowest BCUT2D eigenvalue weighted by molar-refractivity contribution is -0.119. The molecule has 0 atom stereocenters. The number of nitrogens with one attached hydrogen (secondary N) is 1. The zero-order valence-corrected chi connectivity index (χ0v) is 21.0. The zero-order valence-electron chi connectivity index (χ0n) is 21.0. The van der Waals surface area contributed by atoms with Gasteiger partial charge in [-0.1, -0.05) is 36.4 Å². The van der Waals surface area contributed by atoms with E-state index in [1.165, 1.54) is 0 Å². The molecule has 9 nitrogen and oxygen atoms in total. The predicted octanol–water partition coefficient (Wildman–Crippen LogP) is 2.64. The number of aliphatic hydroxyl groups is 1. The van der Waals surface area contributed by atoms with Gasteiger partial charge in [0.1, 0.15) is 17.9 Å². The maximum atomic E-state index is 11.5. The number of hydrogen-bond donors (Lipinski definition) is 4. The van der Waals surface area contributed by atoms with Gasteiger partial charge in [-0.05, 0) is 49.9 Å². The molecular weight excluding hydrogens is 456 g/mol. The van der Waals surface area contributed by atoms with Gasteiger partial charge < -0.3 is 31.2 Å². The SMILES string of the molecule is CCOCc1nc2c(N)nc3cc(Cc4cccc(CNC(=O)CN)c4)ccc3c2n1CC(C)(C)O. The number of anilines is 1. The number of imidazole rings is 1. The first-order chi connectivity index (χ1) is 17.2. The second kappa shape index (κ2) is 10.6. The van der Waals surface area contributed by atoms with Crippen molar-refractivity contribution in [1.29, 1.82) is 0 Å². The van der Waals surface area contributed by atoms with Gasteiger partial charge in [-0.25, -0.2) is 9.97 Å². The molecule has 2 aromatic carbocycles. The van der Waals surface area contributed by atoms with Crippen LogP contribution in [0, 0.1) is 0 Å². The van der Waals surface area contributed by atoms with Crippen molar-refractivity contribution in [2.45, 2.75) is 52.5 Å². The average Bonchev–Trinajstić information content (AvgIpc) is 3.18. The van der Waals surface area contributed by atoms with Gasteiger partial charge in [-0.15, -0.1) is 0 Å². The molecule has 0 aliphatic rings. The Labute approximate surface area is 210 Å². The molecule has 2 aromatic heterocycles. The molecule has 0 spiro atoms. The lowest BCUT2D eigenvalue weighted by Crippen LogP contribution is -2.29. The predicted molar refractivity (Wildman–Crippen MR) is 141 cm³/mol. The highest BCUT2D eigenvalue weighted by Crippen LogP contribution is 2.31. The van der Waals surface area contributed by atoms with Crippen LogP contribution >= 0.6 is 0 Å². The highest BCUT2D eigenvalue weighted by atomic mass is 16.5. The molecule has 1 amide bonds. The third kappa shape index (κ3) is 5.81. The molecule has 0 unspecified atom stereocenters. The molecule has 0 fully saturated rings. The van der Waals surface area contributed by atoms with Crippen LogP contribution in [0.15, 0.2) is 42.5 Å². The Bertz CT molecular complexity index is 1390. The van der Waals surface area contributed by atoms with Crippen molar-refractivity contribution in [3.63, 3.8) is 0 Å². The first-order valence-electron chi connectivity index (χ1n) is 12.1. The summed E-state index contributed by atoms with van der Waals surface area (Å²) in [6.07, 6.45) is 0.701. The van der Waals surface area contributed by atoms with Crippen LogP contribution in [-0.2, 0) is 35.6 Å². The Balaban J connectivity index is 1.71. The summed E-state index contributed by atoms with van der Waals surface area (Å²) in [5.74, 6) is 0.871. The first kappa shape index (κ1) is 25.6. The van der Waals surface area contributed by atoms with E-state index in [0.717, 1.165) is 33.1 Å².